The van der Waals surface area contributed by atoms with E-state index in [0.29, 0.717) is 11.1 Å². The van der Waals surface area contributed by atoms with Crippen LogP contribution in [0.3, 0.4) is 0 Å². The first-order valence-corrected chi connectivity index (χ1v) is 9.34. The third kappa shape index (κ3) is 5.19. The lowest BCUT2D eigenvalue weighted by molar-refractivity contribution is -0.155. The molecule has 28 heavy (non-hydrogen) atoms. The molecular weight excluding hydrogens is 356 g/mol. The lowest BCUT2D eigenvalue weighted by Gasteiger charge is -2.18. The topological polar surface area (TPSA) is 84.5 Å². The number of ether oxygens (including phenoxy) is 1. The quantitative estimate of drug-likeness (QED) is 0.723. The average Bonchev–Trinajstić information content (AvgIpc) is 3.51. The molecule has 0 aliphatic heterocycles. The zero-order chi connectivity index (χ0) is 20.1. The van der Waals surface area contributed by atoms with E-state index in [1.165, 1.54) is 0 Å². The molecule has 1 atom stereocenters. The van der Waals surface area contributed by atoms with Gasteiger partial charge in [0.2, 0.25) is 6.10 Å². The minimum absolute atomic E-state index is 0.155. The maximum atomic E-state index is 12.5. The number of hydrogen-bond acceptors (Lipinski definition) is 4. The lowest BCUT2D eigenvalue weighted by Crippen LogP contribution is -2.36. The van der Waals surface area contributed by atoms with Crippen LogP contribution in [0.25, 0.3) is 0 Å². The molecule has 1 saturated carbocycles. The maximum Gasteiger partial charge on any atom is 0.326 e. The number of hydrogen-bond donors (Lipinski definition) is 2. The third-order valence-corrected chi connectivity index (χ3v) is 4.68. The van der Waals surface area contributed by atoms with E-state index in [2.05, 4.69) is 10.6 Å². The van der Waals surface area contributed by atoms with E-state index in [9.17, 15) is 14.4 Å². The second-order valence-electron chi connectivity index (χ2n) is 7.05. The highest BCUT2D eigenvalue weighted by Gasteiger charge is 2.30. The van der Waals surface area contributed by atoms with Gasteiger partial charge in [0.25, 0.3) is 11.8 Å². The molecule has 0 heterocycles. The van der Waals surface area contributed by atoms with Gasteiger partial charge in [-0.05, 0) is 49.9 Å². The van der Waals surface area contributed by atoms with Gasteiger partial charge in [0, 0.05) is 17.2 Å². The molecule has 1 fully saturated rings. The molecule has 2 N–H and O–H groups in total. The predicted molar refractivity (Wildman–Crippen MR) is 105 cm³/mol. The molecule has 2 aromatic carbocycles. The normalized spacial score (nSPS) is 14.1. The number of carbonyl (C=O) groups is 3. The van der Waals surface area contributed by atoms with E-state index in [4.69, 9.17) is 4.74 Å². The van der Waals surface area contributed by atoms with E-state index < -0.39 is 12.1 Å². The summed E-state index contributed by atoms with van der Waals surface area (Å²) in [7, 11) is 0. The second-order valence-corrected chi connectivity index (χ2v) is 7.05. The lowest BCUT2D eigenvalue weighted by atomic mass is 10.1. The van der Waals surface area contributed by atoms with Crippen molar-refractivity contribution < 1.29 is 19.1 Å². The molecule has 0 aromatic heterocycles. The number of carbonyl (C=O) groups excluding carboxylic acids is 3. The predicted octanol–water partition coefficient (Wildman–Crippen LogP) is 2.60. The van der Waals surface area contributed by atoms with Crippen LogP contribution in [0.4, 0.5) is 0 Å². The first-order valence-electron chi connectivity index (χ1n) is 9.34. The van der Waals surface area contributed by atoms with Crippen LogP contribution >= 0.6 is 0 Å². The summed E-state index contributed by atoms with van der Waals surface area (Å²) in [6.07, 6.45) is 0.841. The highest BCUT2D eigenvalue weighted by molar-refractivity contribution is 5.96. The number of aryl methyl sites for hydroxylation is 2. The zero-order valence-corrected chi connectivity index (χ0v) is 16.0. The summed E-state index contributed by atoms with van der Waals surface area (Å²) in [5, 5.41) is 5.41. The number of rotatable bonds is 7. The Labute approximate surface area is 164 Å². The molecule has 3 rings (SSSR count). The Morgan fingerprint density at radius 3 is 2.39 bits per heavy atom. The summed E-state index contributed by atoms with van der Waals surface area (Å²) in [4.78, 5) is 37.0. The third-order valence-electron chi connectivity index (χ3n) is 4.68. The Balaban J connectivity index is 1.60. The summed E-state index contributed by atoms with van der Waals surface area (Å²) >= 11 is 0. The van der Waals surface area contributed by atoms with E-state index in [1.54, 1.807) is 36.4 Å². The van der Waals surface area contributed by atoms with Crippen LogP contribution in [-0.2, 0) is 14.3 Å². The van der Waals surface area contributed by atoms with Crippen molar-refractivity contribution >= 4 is 17.8 Å². The van der Waals surface area contributed by atoms with E-state index in [0.717, 1.165) is 24.0 Å². The van der Waals surface area contributed by atoms with Gasteiger partial charge in [0.15, 0.2) is 0 Å². The van der Waals surface area contributed by atoms with Crippen LogP contribution in [0.15, 0.2) is 48.5 Å². The molecule has 2 aromatic rings. The molecule has 0 radical (unpaired) electrons. The molecule has 1 aliphatic rings. The van der Waals surface area contributed by atoms with Gasteiger partial charge in [-0.1, -0.05) is 36.4 Å². The first kappa shape index (κ1) is 19.6. The monoisotopic (exact) mass is 380 g/mol. The minimum atomic E-state index is -1.03. The van der Waals surface area contributed by atoms with Crippen LogP contribution < -0.4 is 10.6 Å². The number of amides is 2. The van der Waals surface area contributed by atoms with E-state index >= 15 is 0 Å². The van der Waals surface area contributed by atoms with Crippen LogP contribution in [-0.4, -0.2) is 30.4 Å². The summed E-state index contributed by atoms with van der Waals surface area (Å²) < 4.78 is 5.39. The van der Waals surface area contributed by atoms with Gasteiger partial charge in [0.05, 0.1) is 0 Å². The van der Waals surface area contributed by atoms with Crippen molar-refractivity contribution in [1.29, 1.82) is 0 Å². The fourth-order valence-corrected chi connectivity index (χ4v) is 2.72. The minimum Gasteiger partial charge on any atom is -0.446 e. The van der Waals surface area contributed by atoms with Crippen molar-refractivity contribution in [3.8, 4) is 0 Å². The van der Waals surface area contributed by atoms with Crippen molar-refractivity contribution in [3.63, 3.8) is 0 Å². The van der Waals surface area contributed by atoms with Gasteiger partial charge < -0.3 is 15.4 Å². The molecule has 2 amide bonds. The summed E-state index contributed by atoms with van der Waals surface area (Å²) in [5.74, 6) is -1.38. The molecule has 6 nitrogen and oxygen atoms in total. The Morgan fingerprint density at radius 2 is 1.75 bits per heavy atom. The molecule has 0 saturated heterocycles. The SMILES string of the molecule is Cc1ccc(C(=O)NCC(=O)O[C@@H](C(=O)NC2CC2)c2ccccc2)cc1C. The Hall–Kier alpha value is -3.15. The van der Waals surface area contributed by atoms with Crippen molar-refractivity contribution in [3.05, 3.63) is 70.8 Å². The van der Waals surface area contributed by atoms with Crippen molar-refractivity contribution in [2.75, 3.05) is 6.54 Å². The van der Waals surface area contributed by atoms with Crippen molar-refractivity contribution in [1.82, 2.24) is 10.6 Å². The number of benzene rings is 2. The Bertz CT molecular complexity index is 875. The van der Waals surface area contributed by atoms with Crippen LogP contribution in [0.2, 0.25) is 0 Å². The van der Waals surface area contributed by atoms with Gasteiger partial charge in [-0.2, -0.15) is 0 Å². The smallest absolute Gasteiger partial charge is 0.326 e. The number of nitrogens with one attached hydrogen (secondary N) is 2. The fourth-order valence-electron chi connectivity index (χ4n) is 2.72. The molecular formula is C22H24N2O4. The van der Waals surface area contributed by atoms with Gasteiger partial charge in [-0.3, -0.25) is 14.4 Å². The average molecular weight is 380 g/mol. The summed E-state index contributed by atoms with van der Waals surface area (Å²) in [6, 6.07) is 14.3. The Kier molecular flexibility index (Phi) is 6.09. The van der Waals surface area contributed by atoms with Crippen molar-refractivity contribution in [2.24, 2.45) is 0 Å². The standard InChI is InChI=1S/C22H24N2O4/c1-14-8-9-17(12-15(14)2)21(26)23-13-19(25)28-20(16-6-4-3-5-7-16)22(27)24-18-10-11-18/h3-9,12,18,20H,10-11,13H2,1-2H3,(H,23,26)(H,24,27)/t20-/m1/s1. The molecule has 0 spiro atoms. The molecule has 0 unspecified atom stereocenters. The molecule has 146 valence electrons. The summed E-state index contributed by atoms with van der Waals surface area (Å²) in [5.41, 5.74) is 3.15. The maximum absolute atomic E-state index is 12.5. The second kappa shape index (κ2) is 8.69. The van der Waals surface area contributed by atoms with Gasteiger partial charge in [-0.15, -0.1) is 0 Å². The van der Waals surface area contributed by atoms with E-state index in [1.807, 2.05) is 26.0 Å². The highest BCUT2D eigenvalue weighted by atomic mass is 16.5. The van der Waals surface area contributed by atoms with Gasteiger partial charge >= 0.3 is 5.97 Å². The highest BCUT2D eigenvalue weighted by Crippen LogP contribution is 2.23. The summed E-state index contributed by atoms with van der Waals surface area (Å²) in [6.45, 7) is 3.57. The zero-order valence-electron chi connectivity index (χ0n) is 16.0. The van der Waals surface area contributed by atoms with Crippen LogP contribution in [0.1, 0.15) is 46.0 Å². The molecule has 0 bridgehead atoms. The van der Waals surface area contributed by atoms with Gasteiger partial charge in [-0.25, -0.2) is 0 Å². The number of esters is 1. The molecule has 6 heteroatoms. The fraction of sp³-hybridized carbons (Fsp3) is 0.318. The first-order chi connectivity index (χ1) is 13.4. The van der Waals surface area contributed by atoms with Crippen molar-refractivity contribution in [2.45, 2.75) is 38.8 Å². The van der Waals surface area contributed by atoms with E-state index in [-0.39, 0.29) is 24.4 Å². The Morgan fingerprint density at radius 1 is 1.04 bits per heavy atom. The van der Waals surface area contributed by atoms with Crippen LogP contribution in [0, 0.1) is 13.8 Å². The van der Waals surface area contributed by atoms with Gasteiger partial charge in [0.1, 0.15) is 6.54 Å². The van der Waals surface area contributed by atoms with Crippen LogP contribution in [0.5, 0.6) is 0 Å². The largest absolute Gasteiger partial charge is 0.446 e. The molecule has 1 aliphatic carbocycles.